The van der Waals surface area contributed by atoms with E-state index in [0.717, 1.165) is 25.7 Å². The van der Waals surface area contributed by atoms with Crippen molar-refractivity contribution in [3.63, 3.8) is 0 Å². The average Bonchev–Trinajstić information content (AvgIpc) is 2.70. The number of phenolic OH excluding ortho intramolecular Hbond substituents is 1. The third kappa shape index (κ3) is 6.35. The first-order valence-electron chi connectivity index (χ1n) is 9.81. The van der Waals surface area contributed by atoms with Gasteiger partial charge in [0.25, 0.3) is 0 Å². The SMILES string of the molecule is CCCc1c(OCCCCCOc2coc(CO)cc2=O)ccc(C(C)=O)c1O. The second-order valence-corrected chi connectivity index (χ2v) is 6.74. The second kappa shape index (κ2) is 11.3. The summed E-state index contributed by atoms with van der Waals surface area (Å²) in [6, 6.07) is 4.54. The van der Waals surface area contributed by atoms with Crippen molar-refractivity contribution in [3.05, 3.63) is 51.6 Å². The first-order chi connectivity index (χ1) is 14.0. The molecule has 0 aliphatic rings. The van der Waals surface area contributed by atoms with E-state index in [0.29, 0.717) is 36.5 Å². The van der Waals surface area contributed by atoms with Gasteiger partial charge >= 0.3 is 0 Å². The molecule has 0 bridgehead atoms. The molecule has 0 saturated heterocycles. The van der Waals surface area contributed by atoms with E-state index in [4.69, 9.17) is 19.0 Å². The Kier molecular flexibility index (Phi) is 8.73. The summed E-state index contributed by atoms with van der Waals surface area (Å²) >= 11 is 0. The number of benzene rings is 1. The zero-order valence-electron chi connectivity index (χ0n) is 16.9. The number of rotatable bonds is 12. The highest BCUT2D eigenvalue weighted by molar-refractivity contribution is 5.97. The molecule has 2 rings (SSSR count). The standard InChI is InChI=1S/C22H28O7/c1-3-7-18-20(9-8-17(15(2)24)22(18)26)27-10-5-4-6-11-28-21-14-29-16(13-23)12-19(21)25/h8-9,12,14,23,26H,3-7,10-11,13H2,1-2H3. The molecule has 0 spiro atoms. The number of Topliss-reactive ketones (excluding diaryl/α,β-unsaturated/α-hetero) is 1. The van der Waals surface area contributed by atoms with Gasteiger partial charge in [-0.05, 0) is 44.7 Å². The largest absolute Gasteiger partial charge is 0.507 e. The van der Waals surface area contributed by atoms with Crippen LogP contribution >= 0.6 is 0 Å². The lowest BCUT2D eigenvalue weighted by Gasteiger charge is -2.14. The van der Waals surface area contributed by atoms with Gasteiger partial charge in [-0.25, -0.2) is 0 Å². The molecule has 29 heavy (non-hydrogen) atoms. The summed E-state index contributed by atoms with van der Waals surface area (Å²) in [5.74, 6) is 0.767. The van der Waals surface area contributed by atoms with Crippen LogP contribution in [0.5, 0.6) is 17.2 Å². The molecule has 0 fully saturated rings. The Morgan fingerprint density at radius 2 is 1.79 bits per heavy atom. The number of ether oxygens (including phenoxy) is 2. The van der Waals surface area contributed by atoms with Crippen LogP contribution < -0.4 is 14.9 Å². The van der Waals surface area contributed by atoms with Crippen molar-refractivity contribution in [2.24, 2.45) is 0 Å². The molecule has 7 nitrogen and oxygen atoms in total. The monoisotopic (exact) mass is 404 g/mol. The van der Waals surface area contributed by atoms with Crippen LogP contribution in [0.15, 0.2) is 33.7 Å². The molecule has 1 aromatic heterocycles. The topological polar surface area (TPSA) is 106 Å². The lowest BCUT2D eigenvalue weighted by atomic mass is 10.0. The van der Waals surface area contributed by atoms with Gasteiger partial charge in [0, 0.05) is 11.6 Å². The highest BCUT2D eigenvalue weighted by Crippen LogP contribution is 2.33. The predicted molar refractivity (Wildman–Crippen MR) is 108 cm³/mol. The van der Waals surface area contributed by atoms with Crippen LogP contribution in [0.25, 0.3) is 0 Å². The fourth-order valence-corrected chi connectivity index (χ4v) is 2.90. The van der Waals surface area contributed by atoms with Gasteiger partial charge in [-0.3, -0.25) is 9.59 Å². The lowest BCUT2D eigenvalue weighted by Crippen LogP contribution is -2.09. The maximum atomic E-state index is 11.7. The average molecular weight is 404 g/mol. The summed E-state index contributed by atoms with van der Waals surface area (Å²) in [5.41, 5.74) is 0.664. The molecule has 0 aliphatic carbocycles. The number of unbranched alkanes of at least 4 members (excludes halogenated alkanes) is 2. The predicted octanol–water partition coefficient (Wildman–Crippen LogP) is 3.62. The van der Waals surface area contributed by atoms with E-state index in [-0.39, 0.29) is 35.1 Å². The first-order valence-corrected chi connectivity index (χ1v) is 9.81. The third-order valence-electron chi connectivity index (χ3n) is 4.43. The number of aromatic hydroxyl groups is 1. The number of aliphatic hydroxyl groups is 1. The van der Waals surface area contributed by atoms with E-state index in [1.807, 2.05) is 6.92 Å². The maximum absolute atomic E-state index is 11.7. The molecule has 7 heteroatoms. The second-order valence-electron chi connectivity index (χ2n) is 6.74. The summed E-state index contributed by atoms with van der Waals surface area (Å²) < 4.78 is 16.3. The zero-order valence-corrected chi connectivity index (χ0v) is 16.9. The molecule has 0 atom stereocenters. The van der Waals surface area contributed by atoms with E-state index >= 15 is 0 Å². The van der Waals surface area contributed by atoms with Gasteiger partial charge in [-0.15, -0.1) is 0 Å². The number of carbonyl (C=O) groups is 1. The van der Waals surface area contributed by atoms with E-state index < -0.39 is 0 Å². The summed E-state index contributed by atoms with van der Waals surface area (Å²) in [6.07, 6.45) is 5.02. The maximum Gasteiger partial charge on any atom is 0.227 e. The lowest BCUT2D eigenvalue weighted by molar-refractivity contribution is 0.101. The van der Waals surface area contributed by atoms with Crippen LogP contribution in [-0.2, 0) is 13.0 Å². The smallest absolute Gasteiger partial charge is 0.227 e. The van der Waals surface area contributed by atoms with Crippen LogP contribution in [0.2, 0.25) is 0 Å². The fourth-order valence-electron chi connectivity index (χ4n) is 2.90. The van der Waals surface area contributed by atoms with Gasteiger partial charge in [0.1, 0.15) is 30.1 Å². The molecule has 0 amide bonds. The Morgan fingerprint density at radius 1 is 1.10 bits per heavy atom. The minimum absolute atomic E-state index is 0.0105. The van der Waals surface area contributed by atoms with Gasteiger partial charge in [-0.2, -0.15) is 0 Å². The minimum atomic E-state index is -0.329. The Hall–Kier alpha value is -2.80. The quantitative estimate of drug-likeness (QED) is 0.411. The van der Waals surface area contributed by atoms with Crippen LogP contribution in [0, 0.1) is 0 Å². The van der Waals surface area contributed by atoms with Crippen molar-refractivity contribution in [3.8, 4) is 17.2 Å². The highest BCUT2D eigenvalue weighted by Gasteiger charge is 2.15. The number of carbonyl (C=O) groups excluding carboxylic acids is 1. The van der Waals surface area contributed by atoms with E-state index in [1.54, 1.807) is 12.1 Å². The molecule has 2 aromatic rings. The fraction of sp³-hybridized carbons (Fsp3) is 0.455. The molecule has 158 valence electrons. The summed E-state index contributed by atoms with van der Waals surface area (Å²) in [6.45, 7) is 3.95. The molecule has 0 aliphatic heterocycles. The van der Waals surface area contributed by atoms with Crippen LogP contribution in [-0.4, -0.2) is 29.2 Å². The van der Waals surface area contributed by atoms with Gasteiger partial charge in [0.2, 0.25) is 11.2 Å². The van der Waals surface area contributed by atoms with Gasteiger partial charge < -0.3 is 24.1 Å². The van der Waals surface area contributed by atoms with Crippen molar-refractivity contribution in [1.82, 2.24) is 0 Å². The van der Waals surface area contributed by atoms with E-state index in [1.165, 1.54) is 19.3 Å². The number of hydrogen-bond acceptors (Lipinski definition) is 7. The Morgan fingerprint density at radius 3 is 2.38 bits per heavy atom. The van der Waals surface area contributed by atoms with Gasteiger partial charge in [-0.1, -0.05) is 13.3 Å². The van der Waals surface area contributed by atoms with Crippen molar-refractivity contribution in [2.75, 3.05) is 13.2 Å². The highest BCUT2D eigenvalue weighted by atomic mass is 16.5. The van der Waals surface area contributed by atoms with E-state index in [9.17, 15) is 14.7 Å². The van der Waals surface area contributed by atoms with Crippen LogP contribution in [0.4, 0.5) is 0 Å². The molecule has 2 N–H and O–H groups in total. The molecule has 1 heterocycles. The third-order valence-corrected chi connectivity index (χ3v) is 4.43. The molecule has 0 unspecified atom stereocenters. The van der Waals surface area contributed by atoms with Gasteiger partial charge in [0.05, 0.1) is 18.8 Å². The van der Waals surface area contributed by atoms with Crippen molar-refractivity contribution in [2.45, 2.75) is 52.6 Å². The Labute approximate surface area is 169 Å². The Bertz CT molecular complexity index is 870. The number of hydrogen-bond donors (Lipinski definition) is 2. The van der Waals surface area contributed by atoms with Crippen molar-refractivity contribution < 1.29 is 28.9 Å². The first kappa shape index (κ1) is 22.5. The number of phenols is 1. The zero-order chi connectivity index (χ0) is 21.2. The number of aliphatic hydroxyl groups excluding tert-OH is 1. The van der Waals surface area contributed by atoms with E-state index in [2.05, 4.69) is 0 Å². The molecule has 0 radical (unpaired) electrons. The molecular weight excluding hydrogens is 376 g/mol. The number of ketones is 1. The minimum Gasteiger partial charge on any atom is -0.507 e. The summed E-state index contributed by atoms with van der Waals surface area (Å²) in [7, 11) is 0. The molecule has 0 saturated carbocycles. The van der Waals surface area contributed by atoms with Crippen molar-refractivity contribution >= 4 is 5.78 Å². The Balaban J connectivity index is 1.77. The molecular formula is C22H28O7. The van der Waals surface area contributed by atoms with Crippen LogP contribution in [0.3, 0.4) is 0 Å². The summed E-state index contributed by atoms with van der Waals surface area (Å²) in [5, 5.41) is 19.3. The van der Waals surface area contributed by atoms with Crippen molar-refractivity contribution in [1.29, 1.82) is 0 Å². The normalized spacial score (nSPS) is 10.7. The van der Waals surface area contributed by atoms with Gasteiger partial charge in [0.15, 0.2) is 5.78 Å². The van der Waals surface area contributed by atoms with Crippen LogP contribution in [0.1, 0.15) is 61.2 Å². The summed E-state index contributed by atoms with van der Waals surface area (Å²) in [4.78, 5) is 23.3. The molecule has 1 aromatic carbocycles.